The molecule has 4 unspecified atom stereocenters. The molecule has 2 aliphatic heterocycles. The summed E-state index contributed by atoms with van der Waals surface area (Å²) < 4.78 is 2.23. The quantitative estimate of drug-likeness (QED) is 0.0432. The number of nitrogens with one attached hydrogen (secondary N) is 4. The van der Waals surface area contributed by atoms with Crippen molar-refractivity contribution in [3.63, 3.8) is 0 Å². The van der Waals surface area contributed by atoms with Crippen molar-refractivity contribution in [3.8, 4) is 5.75 Å². The average molecular weight is 703 g/mol. The number of hydrazine groups is 1. The van der Waals surface area contributed by atoms with Gasteiger partial charge in [0.2, 0.25) is 11.8 Å². The van der Waals surface area contributed by atoms with Crippen molar-refractivity contribution in [2.24, 2.45) is 11.7 Å². The Morgan fingerprint density at radius 1 is 1.06 bits per heavy atom. The molecule has 11 nitrogen and oxygen atoms in total. The lowest BCUT2D eigenvalue weighted by molar-refractivity contribution is -0.696. The van der Waals surface area contributed by atoms with Crippen molar-refractivity contribution in [1.29, 1.82) is 0 Å². The van der Waals surface area contributed by atoms with Gasteiger partial charge in [0, 0.05) is 58.1 Å². The van der Waals surface area contributed by atoms with Crippen LogP contribution >= 0.6 is 11.8 Å². The molecule has 268 valence electrons. The molecule has 6 rings (SSSR count). The first-order chi connectivity index (χ1) is 24.2. The third kappa shape index (κ3) is 7.51. The molecule has 2 aromatic heterocycles. The first-order valence-corrected chi connectivity index (χ1v) is 19.3. The number of phenolic OH excluding ortho intramolecular Hbond substituents is 1. The molecule has 4 atom stereocenters. The van der Waals surface area contributed by atoms with E-state index in [4.69, 9.17) is 5.73 Å². The maximum Gasteiger partial charge on any atom is 0.315 e. The number of carbonyl (C=O) groups excluding carboxylic acids is 3. The van der Waals surface area contributed by atoms with E-state index in [0.29, 0.717) is 25.9 Å². The number of amides is 4. The largest absolute Gasteiger partial charge is 0.508 e. The van der Waals surface area contributed by atoms with Crippen molar-refractivity contribution < 1.29 is 24.1 Å². The van der Waals surface area contributed by atoms with Gasteiger partial charge in [-0.1, -0.05) is 19.8 Å². The summed E-state index contributed by atoms with van der Waals surface area (Å²) in [6, 6.07) is 7.43. The molecule has 0 radical (unpaired) electrons. The lowest BCUT2D eigenvalue weighted by atomic mass is 9.92. The minimum atomic E-state index is -0.305. The van der Waals surface area contributed by atoms with Gasteiger partial charge in [-0.25, -0.2) is 9.36 Å². The minimum Gasteiger partial charge on any atom is -0.508 e. The van der Waals surface area contributed by atoms with Crippen molar-refractivity contribution in [1.82, 2.24) is 26.1 Å². The van der Waals surface area contributed by atoms with Crippen LogP contribution in [0.25, 0.3) is 32.6 Å². The zero-order valence-corrected chi connectivity index (χ0v) is 30.3. The fourth-order valence-corrected chi connectivity index (χ4v) is 9.48. The van der Waals surface area contributed by atoms with Crippen molar-refractivity contribution in [2.75, 3.05) is 18.8 Å². The molecule has 0 spiro atoms. The number of urea groups is 1. The Morgan fingerprint density at radius 2 is 1.88 bits per heavy atom. The summed E-state index contributed by atoms with van der Waals surface area (Å²) in [6.07, 6.45) is 11.3. The molecule has 2 fully saturated rings. The van der Waals surface area contributed by atoms with E-state index in [2.05, 4.69) is 64.8 Å². The van der Waals surface area contributed by atoms with Gasteiger partial charge in [0.25, 0.3) is 0 Å². The molecule has 4 amide bonds. The summed E-state index contributed by atoms with van der Waals surface area (Å²) in [5.74, 6) is 0.523. The summed E-state index contributed by atoms with van der Waals surface area (Å²) in [7, 11) is 0. The van der Waals surface area contributed by atoms with Crippen LogP contribution in [-0.4, -0.2) is 69.1 Å². The second-order valence-corrected chi connectivity index (χ2v) is 15.2. The number of nitrogens with two attached hydrogens (primary N) is 1. The van der Waals surface area contributed by atoms with Crippen LogP contribution in [-0.2, 0) is 16.1 Å². The van der Waals surface area contributed by atoms with Gasteiger partial charge in [-0.2, -0.15) is 11.8 Å². The van der Waals surface area contributed by atoms with E-state index < -0.39 is 0 Å². The van der Waals surface area contributed by atoms with Crippen LogP contribution in [0.15, 0.2) is 36.7 Å². The zero-order valence-electron chi connectivity index (χ0n) is 29.5. The highest BCUT2D eigenvalue weighted by atomic mass is 32.2. The highest BCUT2D eigenvalue weighted by Gasteiger charge is 2.48. The SMILES string of the molecule is CCCC(C(=O)NN(CCCCC[n+]1ccc2c(C)c3[nH]c4ccc(O)cc4c3c(C)c2c1)C(=O)CCCCCN)C1SCC2NC(=O)NC21. The molecule has 4 heterocycles. The highest BCUT2D eigenvalue weighted by Crippen LogP contribution is 2.38. The molecule has 0 bridgehead atoms. The molecule has 7 N–H and O–H groups in total. The number of aromatic hydroxyl groups is 1. The van der Waals surface area contributed by atoms with E-state index in [9.17, 15) is 19.5 Å². The predicted octanol–water partition coefficient (Wildman–Crippen LogP) is 5.22. The molecule has 12 heteroatoms. The number of carbonyl (C=O) groups is 3. The molecule has 0 aliphatic carbocycles. The number of hydrogen-bond acceptors (Lipinski definition) is 6. The maximum absolute atomic E-state index is 13.8. The molecular formula is C38H52N7O4S+. The summed E-state index contributed by atoms with van der Waals surface area (Å²) in [6.45, 7) is 8.25. The summed E-state index contributed by atoms with van der Waals surface area (Å²) >= 11 is 1.73. The number of aryl methyl sites for hydroxylation is 3. The Morgan fingerprint density at radius 3 is 2.68 bits per heavy atom. The molecule has 0 saturated carbocycles. The Bertz CT molecular complexity index is 1880. The third-order valence-corrected chi connectivity index (χ3v) is 12.1. The predicted molar refractivity (Wildman–Crippen MR) is 200 cm³/mol. The van der Waals surface area contributed by atoms with Crippen LogP contribution in [0.1, 0.15) is 75.8 Å². The molecule has 50 heavy (non-hydrogen) atoms. The second-order valence-electron chi connectivity index (χ2n) is 14.0. The third-order valence-electron chi connectivity index (χ3n) is 10.5. The average Bonchev–Trinajstić information content (AvgIpc) is 3.79. The number of thioether (sulfide) groups is 1. The first kappa shape index (κ1) is 35.8. The topological polar surface area (TPSA) is 156 Å². The number of H-pyrrole nitrogens is 1. The van der Waals surface area contributed by atoms with Crippen LogP contribution in [0.5, 0.6) is 5.75 Å². The minimum absolute atomic E-state index is 0.0300. The Balaban J connectivity index is 1.10. The van der Waals surface area contributed by atoms with E-state index >= 15 is 0 Å². The fraction of sp³-hybridized carbons (Fsp3) is 0.526. The summed E-state index contributed by atoms with van der Waals surface area (Å²) in [5, 5.41) is 22.2. The van der Waals surface area contributed by atoms with Gasteiger partial charge >= 0.3 is 6.03 Å². The molecule has 2 aliphatic rings. The monoisotopic (exact) mass is 702 g/mol. The summed E-state index contributed by atoms with van der Waals surface area (Å²) in [4.78, 5) is 42.7. The number of fused-ring (bicyclic) bond motifs is 5. The molecule has 4 aromatic rings. The van der Waals surface area contributed by atoms with E-state index in [1.807, 2.05) is 12.1 Å². The van der Waals surface area contributed by atoms with E-state index in [-0.39, 0.29) is 46.8 Å². The smallest absolute Gasteiger partial charge is 0.315 e. The number of aromatic amines is 1. The summed E-state index contributed by atoms with van der Waals surface area (Å²) in [5.41, 5.74) is 13.2. The highest BCUT2D eigenvalue weighted by molar-refractivity contribution is 8.00. The van der Waals surface area contributed by atoms with Crippen LogP contribution < -0.4 is 26.4 Å². The van der Waals surface area contributed by atoms with E-state index in [1.54, 1.807) is 22.8 Å². The van der Waals surface area contributed by atoms with E-state index in [0.717, 1.165) is 79.0 Å². The number of nitrogens with zero attached hydrogens (tertiary/aromatic N) is 2. The molecule has 2 aromatic carbocycles. The van der Waals surface area contributed by atoms with E-state index in [1.165, 1.54) is 21.9 Å². The van der Waals surface area contributed by atoms with Crippen molar-refractivity contribution in [2.45, 2.75) is 102 Å². The van der Waals surface area contributed by atoms with Gasteiger partial charge in [0.05, 0.1) is 23.5 Å². The first-order valence-electron chi connectivity index (χ1n) is 18.3. The molecule has 2 saturated heterocycles. The number of pyridine rings is 1. The number of hydrogen-bond donors (Lipinski definition) is 6. The van der Waals surface area contributed by atoms with Crippen LogP contribution in [0, 0.1) is 19.8 Å². The van der Waals surface area contributed by atoms with Crippen molar-refractivity contribution in [3.05, 3.63) is 47.8 Å². The molecular weight excluding hydrogens is 651 g/mol. The number of phenols is 1. The number of rotatable bonds is 15. The Kier molecular flexibility index (Phi) is 11.4. The number of aromatic nitrogens is 2. The fourth-order valence-electron chi connectivity index (χ4n) is 7.80. The van der Waals surface area contributed by atoms with Gasteiger partial charge in [-0.05, 0) is 87.2 Å². The van der Waals surface area contributed by atoms with Gasteiger partial charge in [-0.15, -0.1) is 0 Å². The van der Waals surface area contributed by atoms with Gasteiger partial charge in [-0.3, -0.25) is 20.0 Å². The Labute approximate surface area is 298 Å². The standard InChI is InChI=1S/C38H51N7O4S/c1-4-11-27(36-35-31(22-50-36)41-38(49)42-35)37(48)43-45(32(47)12-7-5-8-16-39)18-10-6-9-17-44-19-15-26-24(3)34-33(23(2)29(26)21-44)28-20-25(46)13-14-30(28)40-34/h13-15,19-21,27,31,35-36H,4-12,16-18,22,39H2,1-3H3,(H4,41,42,43,46,48,49)/p+1. The van der Waals surface area contributed by atoms with Gasteiger partial charge in [0.15, 0.2) is 12.4 Å². The number of unbranched alkanes of at least 4 members (excludes halogenated alkanes) is 4. The maximum atomic E-state index is 13.8. The van der Waals surface area contributed by atoms with Crippen LogP contribution in [0.2, 0.25) is 0 Å². The zero-order chi connectivity index (χ0) is 35.4. The van der Waals surface area contributed by atoms with Gasteiger partial charge in [0.1, 0.15) is 12.3 Å². The van der Waals surface area contributed by atoms with Crippen LogP contribution in [0.4, 0.5) is 4.79 Å². The number of benzene rings is 2. The lowest BCUT2D eigenvalue weighted by Gasteiger charge is -2.30. The van der Waals surface area contributed by atoms with Crippen molar-refractivity contribution >= 4 is 62.2 Å². The normalized spacial score (nSPS) is 19.1. The van der Waals surface area contributed by atoms with Crippen LogP contribution in [0.3, 0.4) is 0 Å². The Hall–Kier alpha value is -4.03. The lowest BCUT2D eigenvalue weighted by Crippen LogP contribution is -2.52. The second kappa shape index (κ2) is 15.9. The van der Waals surface area contributed by atoms with Gasteiger partial charge < -0.3 is 26.5 Å².